The van der Waals surface area contributed by atoms with Crippen molar-refractivity contribution in [1.29, 1.82) is 0 Å². The Hall–Kier alpha value is -3.48. The number of rotatable bonds is 5. The first-order chi connectivity index (χ1) is 12.4. The highest BCUT2D eigenvalue weighted by Gasteiger charge is 2.47. The van der Waals surface area contributed by atoms with Crippen molar-refractivity contribution in [3.05, 3.63) is 71.3 Å². The van der Waals surface area contributed by atoms with Crippen LogP contribution in [0.25, 0.3) is 0 Å². The molecule has 0 saturated heterocycles. The number of benzene rings is 2. The minimum Gasteiger partial charge on any atom is -0.455 e. The number of hydrogen-bond acceptors (Lipinski definition) is 5. The Balaban J connectivity index is 2.08. The SMILES string of the molecule is CC(=O)O[C@@H](c1ccccc1)[C@@H](C(N)=O)N1C(=O)c2ccccc2C1=O. The number of fused-ring (bicyclic) bond motifs is 1. The van der Waals surface area contributed by atoms with Gasteiger partial charge in [0, 0.05) is 6.92 Å². The van der Waals surface area contributed by atoms with E-state index in [0.29, 0.717) is 5.56 Å². The van der Waals surface area contributed by atoms with E-state index in [0.717, 1.165) is 4.90 Å². The molecule has 7 heteroatoms. The monoisotopic (exact) mass is 352 g/mol. The number of hydrogen-bond donors (Lipinski definition) is 1. The van der Waals surface area contributed by atoms with Crippen molar-refractivity contribution in [1.82, 2.24) is 4.90 Å². The smallest absolute Gasteiger partial charge is 0.303 e. The fourth-order valence-corrected chi connectivity index (χ4v) is 3.01. The van der Waals surface area contributed by atoms with Crippen molar-refractivity contribution in [3.63, 3.8) is 0 Å². The number of nitrogens with zero attached hydrogens (tertiary/aromatic N) is 1. The summed E-state index contributed by atoms with van der Waals surface area (Å²) in [4.78, 5) is 50.0. The summed E-state index contributed by atoms with van der Waals surface area (Å²) in [7, 11) is 0. The number of carbonyl (C=O) groups is 4. The normalized spacial score (nSPS) is 15.3. The largest absolute Gasteiger partial charge is 0.455 e. The number of carbonyl (C=O) groups excluding carboxylic acids is 4. The maximum absolute atomic E-state index is 12.7. The maximum Gasteiger partial charge on any atom is 0.303 e. The fraction of sp³-hybridized carbons (Fsp3) is 0.158. The van der Waals surface area contributed by atoms with E-state index in [2.05, 4.69) is 0 Å². The summed E-state index contributed by atoms with van der Waals surface area (Å²) in [6.07, 6.45) is -1.20. The molecule has 2 aromatic carbocycles. The van der Waals surface area contributed by atoms with Gasteiger partial charge in [-0.2, -0.15) is 0 Å². The minimum atomic E-state index is -1.46. The lowest BCUT2D eigenvalue weighted by Gasteiger charge is -2.30. The van der Waals surface area contributed by atoms with E-state index in [1.54, 1.807) is 42.5 Å². The van der Waals surface area contributed by atoms with Crippen LogP contribution in [0.1, 0.15) is 39.3 Å². The molecule has 2 N–H and O–H groups in total. The average molecular weight is 352 g/mol. The van der Waals surface area contributed by atoms with Crippen LogP contribution in [-0.2, 0) is 14.3 Å². The summed E-state index contributed by atoms with van der Waals surface area (Å²) >= 11 is 0. The lowest BCUT2D eigenvalue weighted by Crippen LogP contribution is -2.52. The lowest BCUT2D eigenvalue weighted by molar-refractivity contribution is -0.151. The first-order valence-electron chi connectivity index (χ1n) is 7.90. The van der Waals surface area contributed by atoms with Gasteiger partial charge in [-0.05, 0) is 17.7 Å². The first kappa shape index (κ1) is 17.3. The number of ether oxygens (including phenoxy) is 1. The molecular weight excluding hydrogens is 336 g/mol. The molecule has 1 aliphatic heterocycles. The zero-order chi connectivity index (χ0) is 18.8. The number of esters is 1. The van der Waals surface area contributed by atoms with Crippen molar-refractivity contribution in [2.45, 2.75) is 19.1 Å². The lowest BCUT2D eigenvalue weighted by atomic mass is 10.00. The van der Waals surface area contributed by atoms with Crippen LogP contribution < -0.4 is 5.73 Å². The zero-order valence-corrected chi connectivity index (χ0v) is 13.9. The molecule has 1 heterocycles. The van der Waals surface area contributed by atoms with Gasteiger partial charge in [0.1, 0.15) is 0 Å². The summed E-state index contributed by atoms with van der Waals surface area (Å²) < 4.78 is 5.28. The number of imide groups is 1. The molecular formula is C19H16N2O5. The third kappa shape index (κ3) is 2.95. The van der Waals surface area contributed by atoms with Crippen molar-refractivity contribution >= 4 is 23.7 Å². The van der Waals surface area contributed by atoms with Crippen LogP contribution in [-0.4, -0.2) is 34.6 Å². The molecule has 132 valence electrons. The van der Waals surface area contributed by atoms with Crippen LogP contribution in [0.3, 0.4) is 0 Å². The Kier molecular flexibility index (Phi) is 4.53. The molecule has 26 heavy (non-hydrogen) atoms. The topological polar surface area (TPSA) is 107 Å². The van der Waals surface area contributed by atoms with Gasteiger partial charge in [-0.3, -0.25) is 24.1 Å². The van der Waals surface area contributed by atoms with E-state index in [-0.39, 0.29) is 11.1 Å². The average Bonchev–Trinajstić information content (AvgIpc) is 2.87. The van der Waals surface area contributed by atoms with Gasteiger partial charge in [0.25, 0.3) is 11.8 Å². The Morgan fingerprint density at radius 1 is 0.923 bits per heavy atom. The number of primary amides is 1. The Morgan fingerprint density at radius 2 is 1.42 bits per heavy atom. The van der Waals surface area contributed by atoms with Crippen LogP contribution in [0.15, 0.2) is 54.6 Å². The molecule has 0 aliphatic carbocycles. The summed E-state index contributed by atoms with van der Waals surface area (Å²) in [5.41, 5.74) is 6.32. The molecule has 3 amide bonds. The van der Waals surface area contributed by atoms with Crippen LogP contribution in [0.5, 0.6) is 0 Å². The van der Waals surface area contributed by atoms with E-state index in [9.17, 15) is 19.2 Å². The van der Waals surface area contributed by atoms with E-state index in [1.807, 2.05) is 0 Å². The highest BCUT2D eigenvalue weighted by atomic mass is 16.5. The van der Waals surface area contributed by atoms with E-state index < -0.39 is 35.8 Å². The summed E-state index contributed by atoms with van der Waals surface area (Å²) in [5.74, 6) is -2.92. The first-order valence-corrected chi connectivity index (χ1v) is 7.90. The molecule has 0 aromatic heterocycles. The molecule has 1 aliphatic rings. The van der Waals surface area contributed by atoms with Crippen molar-refractivity contribution in [2.75, 3.05) is 0 Å². The molecule has 0 unspecified atom stereocenters. The summed E-state index contributed by atoms with van der Waals surface area (Å²) in [5, 5.41) is 0. The molecule has 0 fully saturated rings. The maximum atomic E-state index is 12.7. The van der Waals surface area contributed by atoms with Gasteiger partial charge in [0.05, 0.1) is 11.1 Å². The molecule has 0 saturated carbocycles. The van der Waals surface area contributed by atoms with Gasteiger partial charge >= 0.3 is 5.97 Å². The van der Waals surface area contributed by atoms with E-state index >= 15 is 0 Å². The standard InChI is InChI=1S/C19H16N2O5/c1-11(22)26-16(12-7-3-2-4-8-12)15(17(20)23)21-18(24)13-9-5-6-10-14(13)19(21)25/h2-10,15-16H,1H3,(H2,20,23)/t15-,16-/m0/s1. The van der Waals surface area contributed by atoms with Crippen LogP contribution in [0.2, 0.25) is 0 Å². The Labute approximate surface area is 149 Å². The van der Waals surface area contributed by atoms with Crippen molar-refractivity contribution in [3.8, 4) is 0 Å². The van der Waals surface area contributed by atoms with Gasteiger partial charge in [-0.15, -0.1) is 0 Å². The van der Waals surface area contributed by atoms with Gasteiger partial charge in [-0.1, -0.05) is 42.5 Å². The van der Waals surface area contributed by atoms with Gasteiger partial charge < -0.3 is 10.5 Å². The highest BCUT2D eigenvalue weighted by Crippen LogP contribution is 2.32. The molecule has 0 spiro atoms. The number of nitrogens with two attached hydrogens (primary N) is 1. The van der Waals surface area contributed by atoms with Crippen molar-refractivity contribution in [2.24, 2.45) is 5.73 Å². The predicted molar refractivity (Wildman–Crippen MR) is 90.9 cm³/mol. The summed E-state index contributed by atoms with van der Waals surface area (Å²) in [6.45, 7) is 1.18. The molecule has 3 rings (SSSR count). The minimum absolute atomic E-state index is 0.179. The molecule has 0 bridgehead atoms. The zero-order valence-electron chi connectivity index (χ0n) is 13.9. The van der Waals surface area contributed by atoms with Gasteiger partial charge in [0.2, 0.25) is 5.91 Å². The second kappa shape index (κ2) is 6.79. The Bertz CT molecular complexity index is 859. The molecule has 2 aromatic rings. The summed E-state index contributed by atoms with van der Waals surface area (Å²) in [6, 6.07) is 13.1. The van der Waals surface area contributed by atoms with Crippen LogP contribution >= 0.6 is 0 Å². The van der Waals surface area contributed by atoms with E-state index in [1.165, 1.54) is 19.1 Å². The number of amides is 3. The van der Waals surface area contributed by atoms with Crippen LogP contribution in [0, 0.1) is 0 Å². The third-order valence-corrected chi connectivity index (χ3v) is 4.10. The molecule has 0 radical (unpaired) electrons. The quantitative estimate of drug-likeness (QED) is 0.647. The fourth-order valence-electron chi connectivity index (χ4n) is 3.01. The third-order valence-electron chi connectivity index (χ3n) is 4.10. The highest BCUT2D eigenvalue weighted by molar-refractivity contribution is 6.22. The van der Waals surface area contributed by atoms with Crippen molar-refractivity contribution < 1.29 is 23.9 Å². The second-order valence-electron chi connectivity index (χ2n) is 5.81. The predicted octanol–water partition coefficient (Wildman–Crippen LogP) is 1.44. The van der Waals surface area contributed by atoms with Gasteiger partial charge in [0.15, 0.2) is 12.1 Å². The van der Waals surface area contributed by atoms with Crippen LogP contribution in [0.4, 0.5) is 0 Å². The van der Waals surface area contributed by atoms with Gasteiger partial charge in [-0.25, -0.2) is 0 Å². The van der Waals surface area contributed by atoms with E-state index in [4.69, 9.17) is 10.5 Å². The molecule has 2 atom stereocenters. The second-order valence-corrected chi connectivity index (χ2v) is 5.81. The Morgan fingerprint density at radius 3 is 1.88 bits per heavy atom. The molecule has 7 nitrogen and oxygen atoms in total.